The Morgan fingerprint density at radius 1 is 1.09 bits per heavy atom. The molecule has 2 aromatic rings. The molecule has 0 radical (unpaired) electrons. The maximum absolute atomic E-state index is 13.9. The fourth-order valence-electron chi connectivity index (χ4n) is 4.89. The van der Waals surface area contributed by atoms with E-state index in [9.17, 15) is 26.8 Å². The van der Waals surface area contributed by atoms with Crippen molar-refractivity contribution in [1.29, 1.82) is 0 Å². The largest absolute Gasteiger partial charge is 0.458 e. The van der Waals surface area contributed by atoms with Crippen LogP contribution in [0.25, 0.3) is 0 Å². The van der Waals surface area contributed by atoms with Gasteiger partial charge < -0.3 is 31.2 Å². The number of nitrogens with two attached hydrogens (primary N) is 1. The minimum atomic E-state index is -3.75. The molecule has 1 heterocycles. The normalized spacial score (nSPS) is 17.1. The predicted octanol–water partition coefficient (Wildman–Crippen LogP) is 2.77. The Morgan fingerprint density at radius 2 is 1.82 bits per heavy atom. The first-order valence-electron chi connectivity index (χ1n) is 15.1. The number of esters is 1. The molecule has 13 heteroatoms. The highest BCUT2D eigenvalue weighted by molar-refractivity contribution is 7.91. The van der Waals surface area contributed by atoms with Gasteiger partial charge in [-0.1, -0.05) is 44.5 Å². The summed E-state index contributed by atoms with van der Waals surface area (Å²) in [4.78, 5) is 26.1. The number of aryl methyl sites for hydroxylation is 1. The van der Waals surface area contributed by atoms with E-state index in [1.165, 1.54) is 0 Å². The number of halogens is 2. The van der Waals surface area contributed by atoms with Gasteiger partial charge in [0.05, 0.1) is 11.5 Å². The maximum atomic E-state index is 13.9. The monoisotopic (exact) mass is 638 g/mol. The van der Waals surface area contributed by atoms with Crippen molar-refractivity contribution in [3.8, 4) is 0 Å². The third-order valence-electron chi connectivity index (χ3n) is 7.31. The number of unbranched alkanes of at least 4 members (excludes halogenated alkanes) is 1. The zero-order valence-electron chi connectivity index (χ0n) is 25.3. The molecule has 3 rings (SSSR count). The van der Waals surface area contributed by atoms with Crippen LogP contribution in [0.15, 0.2) is 42.5 Å². The number of carbonyl (C=O) groups excluding carboxylic acids is 2. The Balaban J connectivity index is 1.78. The quantitative estimate of drug-likeness (QED) is 0.192. The number of alkyl carbamates (subject to hydrolysis) is 1. The van der Waals surface area contributed by atoms with Crippen LogP contribution in [0.2, 0.25) is 0 Å². The van der Waals surface area contributed by atoms with E-state index < -0.39 is 63.6 Å². The van der Waals surface area contributed by atoms with Gasteiger partial charge in [0.2, 0.25) is 0 Å². The lowest BCUT2D eigenvalue weighted by atomic mass is 10.0. The summed E-state index contributed by atoms with van der Waals surface area (Å²) < 4.78 is 64.5. The maximum Gasteiger partial charge on any atom is 0.408 e. The number of hydrogen-bond acceptors (Lipinski definition) is 9. The molecule has 4 atom stereocenters. The number of hydrogen-bond donors (Lipinski definition) is 4. The highest BCUT2D eigenvalue weighted by Gasteiger charge is 2.33. The third-order valence-corrected chi connectivity index (χ3v) is 9.06. The van der Waals surface area contributed by atoms with Crippen molar-refractivity contribution in [2.45, 2.75) is 76.8 Å². The lowest BCUT2D eigenvalue weighted by molar-refractivity contribution is -0.151. The van der Waals surface area contributed by atoms with E-state index in [1.54, 1.807) is 0 Å². The van der Waals surface area contributed by atoms with Gasteiger partial charge >= 0.3 is 12.1 Å². The van der Waals surface area contributed by atoms with E-state index in [4.69, 9.17) is 15.2 Å². The second kappa shape index (κ2) is 17.4. The van der Waals surface area contributed by atoms with E-state index in [-0.39, 0.29) is 24.3 Å². The smallest absolute Gasteiger partial charge is 0.408 e. The zero-order chi connectivity index (χ0) is 32.1. The molecular formula is C31H44F2N4O6S. The van der Waals surface area contributed by atoms with Crippen molar-refractivity contribution >= 4 is 21.9 Å². The molecular weight excluding hydrogens is 594 g/mol. The molecule has 1 aliphatic rings. The molecule has 2 aromatic carbocycles. The Labute approximate surface area is 258 Å². The molecule has 5 N–H and O–H groups in total. The highest BCUT2D eigenvalue weighted by atomic mass is 32.2. The van der Waals surface area contributed by atoms with Gasteiger partial charge in [-0.2, -0.15) is 0 Å². The summed E-state index contributed by atoms with van der Waals surface area (Å²) in [6, 6.07) is 8.48. The fourth-order valence-corrected chi connectivity index (χ4v) is 6.51. The zero-order valence-corrected chi connectivity index (χ0v) is 26.1. The Bertz CT molecular complexity index is 1320. The summed E-state index contributed by atoms with van der Waals surface area (Å²) in [7, 11) is -3.75. The Morgan fingerprint density at radius 3 is 2.48 bits per heavy atom. The summed E-state index contributed by atoms with van der Waals surface area (Å²) in [6.45, 7) is 5.46. The number of amides is 1. The van der Waals surface area contributed by atoms with E-state index in [0.717, 1.165) is 35.7 Å². The second-order valence-electron chi connectivity index (χ2n) is 11.1. The predicted molar refractivity (Wildman–Crippen MR) is 164 cm³/mol. The molecule has 0 aliphatic carbocycles. The van der Waals surface area contributed by atoms with Gasteiger partial charge in [-0.15, -0.1) is 0 Å². The fraction of sp³-hybridized carbons (Fsp3) is 0.548. The van der Waals surface area contributed by atoms with Crippen molar-refractivity contribution in [1.82, 2.24) is 16.0 Å². The first kappa shape index (κ1) is 35.4. The average molecular weight is 639 g/mol. The summed E-state index contributed by atoms with van der Waals surface area (Å²) in [5.41, 5.74) is 8.82. The lowest BCUT2D eigenvalue weighted by Gasteiger charge is -2.27. The van der Waals surface area contributed by atoms with Gasteiger partial charge in [0.15, 0.2) is 9.84 Å². The van der Waals surface area contributed by atoms with Crippen LogP contribution in [0.1, 0.15) is 49.8 Å². The Kier molecular flexibility index (Phi) is 14.0. The van der Waals surface area contributed by atoms with Crippen LogP contribution < -0.4 is 21.7 Å². The van der Waals surface area contributed by atoms with Crippen LogP contribution in [0, 0.1) is 11.6 Å². The van der Waals surface area contributed by atoms with Crippen LogP contribution >= 0.6 is 0 Å². The molecule has 1 fully saturated rings. The minimum Gasteiger partial charge on any atom is -0.458 e. The number of nitrogens with one attached hydrogen (secondary N) is 3. The van der Waals surface area contributed by atoms with Crippen LogP contribution in [-0.4, -0.2) is 75.9 Å². The van der Waals surface area contributed by atoms with Gasteiger partial charge in [0.25, 0.3) is 0 Å². The standard InChI is InChI=1S/C31H44F2N4O6S/c1-3-5-11-44(40,41)20-28(37-31(39)42-26-9-10-35-18-26)30(38)43-29(19-36-17-22-8-6-7-21(4-2)12-22)27(34)15-23-13-24(32)16-25(33)14-23/h6-8,12-14,16,26-29,35-36H,3-5,9-11,15,17-20,34H2,1-2H3,(H,37,39)/t26-,27+,28-,29-/m1/s1. The van der Waals surface area contributed by atoms with E-state index in [1.807, 2.05) is 38.1 Å². The van der Waals surface area contributed by atoms with Crippen LogP contribution in [0.4, 0.5) is 13.6 Å². The molecule has 0 bridgehead atoms. The van der Waals surface area contributed by atoms with Crippen molar-refractivity contribution < 1.29 is 36.3 Å². The number of sulfone groups is 1. The van der Waals surface area contributed by atoms with Gasteiger partial charge in [-0.05, 0) is 61.1 Å². The summed E-state index contributed by atoms with van der Waals surface area (Å²) in [6.07, 6.45) is 0.0407. The van der Waals surface area contributed by atoms with E-state index in [0.29, 0.717) is 38.9 Å². The molecule has 1 amide bonds. The van der Waals surface area contributed by atoms with Crippen molar-refractivity contribution in [2.24, 2.45) is 5.73 Å². The van der Waals surface area contributed by atoms with Gasteiger partial charge in [-0.3, -0.25) is 0 Å². The molecule has 10 nitrogen and oxygen atoms in total. The van der Waals surface area contributed by atoms with Gasteiger partial charge in [0, 0.05) is 31.7 Å². The van der Waals surface area contributed by atoms with Crippen molar-refractivity contribution in [2.75, 3.05) is 31.1 Å². The summed E-state index contributed by atoms with van der Waals surface area (Å²) in [5.74, 6) is -3.40. The van der Waals surface area contributed by atoms with E-state index >= 15 is 0 Å². The number of rotatable bonds is 17. The average Bonchev–Trinajstić information content (AvgIpc) is 3.47. The van der Waals surface area contributed by atoms with Crippen LogP contribution in [0.3, 0.4) is 0 Å². The first-order chi connectivity index (χ1) is 21.0. The highest BCUT2D eigenvalue weighted by Crippen LogP contribution is 2.14. The number of benzene rings is 2. The number of carbonyl (C=O) groups is 2. The topological polar surface area (TPSA) is 149 Å². The molecule has 0 spiro atoms. The lowest BCUT2D eigenvalue weighted by Crippen LogP contribution is -2.52. The third kappa shape index (κ3) is 12.1. The van der Waals surface area contributed by atoms with Crippen LogP contribution in [0.5, 0.6) is 0 Å². The Hall–Kier alpha value is -3.13. The molecule has 44 heavy (non-hydrogen) atoms. The summed E-state index contributed by atoms with van der Waals surface area (Å²) >= 11 is 0. The van der Waals surface area contributed by atoms with Crippen LogP contribution in [-0.2, 0) is 43.5 Å². The summed E-state index contributed by atoms with van der Waals surface area (Å²) in [5, 5.41) is 8.64. The first-order valence-corrected chi connectivity index (χ1v) is 16.9. The molecule has 0 saturated carbocycles. The molecule has 244 valence electrons. The molecule has 0 unspecified atom stereocenters. The second-order valence-corrected chi connectivity index (χ2v) is 13.3. The number of ether oxygens (including phenoxy) is 2. The van der Waals surface area contributed by atoms with E-state index in [2.05, 4.69) is 16.0 Å². The van der Waals surface area contributed by atoms with Gasteiger partial charge in [-0.25, -0.2) is 26.8 Å². The molecule has 1 saturated heterocycles. The molecule has 1 aliphatic heterocycles. The van der Waals surface area contributed by atoms with Crippen molar-refractivity contribution in [3.63, 3.8) is 0 Å². The SMILES string of the molecule is CCCCS(=O)(=O)C[C@@H](NC(=O)O[C@@H]1CCNC1)C(=O)O[C@H](CNCc1cccc(CC)c1)[C@@H](N)Cc1cc(F)cc(F)c1. The van der Waals surface area contributed by atoms with Gasteiger partial charge in [0.1, 0.15) is 29.9 Å². The van der Waals surface area contributed by atoms with Crippen molar-refractivity contribution in [3.05, 3.63) is 70.8 Å². The molecule has 0 aromatic heterocycles. The minimum absolute atomic E-state index is 0.0385.